The number of benzene rings is 1. The monoisotopic (exact) mass is 417 g/mol. The Morgan fingerprint density at radius 2 is 2.10 bits per heavy atom. The van der Waals surface area contributed by atoms with E-state index in [9.17, 15) is 9.59 Å². The Hall–Kier alpha value is -3.35. The van der Waals surface area contributed by atoms with Crippen molar-refractivity contribution in [3.63, 3.8) is 0 Å². The molecule has 31 heavy (non-hydrogen) atoms. The third-order valence-corrected chi connectivity index (χ3v) is 6.43. The number of aromatic amines is 1. The number of nitrogens with zero attached hydrogens (tertiary/aromatic N) is 4. The van der Waals surface area contributed by atoms with Gasteiger partial charge in [0.2, 0.25) is 5.91 Å². The van der Waals surface area contributed by atoms with E-state index in [1.807, 2.05) is 42.3 Å². The smallest absolute Gasteiger partial charge is 0.330 e. The van der Waals surface area contributed by atoms with Crippen LogP contribution in [0.15, 0.2) is 53.6 Å². The van der Waals surface area contributed by atoms with Crippen LogP contribution in [0, 0.1) is 0 Å². The summed E-state index contributed by atoms with van der Waals surface area (Å²) in [5, 5.41) is 1.23. The highest BCUT2D eigenvalue weighted by molar-refractivity contribution is 5.83. The Kier molecular flexibility index (Phi) is 5.10. The molecular formula is C24H27N5O2. The molecule has 1 aliphatic heterocycles. The van der Waals surface area contributed by atoms with Crippen LogP contribution >= 0.6 is 0 Å². The van der Waals surface area contributed by atoms with Crippen molar-refractivity contribution in [2.24, 2.45) is 0 Å². The van der Waals surface area contributed by atoms with Gasteiger partial charge in [0.1, 0.15) is 0 Å². The summed E-state index contributed by atoms with van der Waals surface area (Å²) in [5.74, 6) is 0.169. The van der Waals surface area contributed by atoms with E-state index in [0.29, 0.717) is 31.7 Å². The summed E-state index contributed by atoms with van der Waals surface area (Å²) in [4.78, 5) is 35.5. The van der Waals surface area contributed by atoms with Crippen molar-refractivity contribution in [3.8, 4) is 0 Å². The first-order chi connectivity index (χ1) is 15.2. The quantitative estimate of drug-likeness (QED) is 0.522. The molecule has 0 bridgehead atoms. The second-order valence-electron chi connectivity index (χ2n) is 8.24. The molecule has 1 amide bonds. The van der Waals surface area contributed by atoms with Gasteiger partial charge in [-0.05, 0) is 49.9 Å². The van der Waals surface area contributed by atoms with Crippen LogP contribution in [0.25, 0.3) is 22.1 Å². The van der Waals surface area contributed by atoms with E-state index in [-0.39, 0.29) is 17.6 Å². The lowest BCUT2D eigenvalue weighted by atomic mass is 10.1. The van der Waals surface area contributed by atoms with Gasteiger partial charge in [-0.25, -0.2) is 9.78 Å². The molecule has 0 spiro atoms. The maximum absolute atomic E-state index is 13.0. The van der Waals surface area contributed by atoms with E-state index >= 15 is 0 Å². The zero-order chi connectivity index (χ0) is 21.4. The summed E-state index contributed by atoms with van der Waals surface area (Å²) in [6, 6.07) is 12.0. The highest BCUT2D eigenvalue weighted by Gasteiger charge is 2.30. The number of pyridine rings is 1. The lowest BCUT2D eigenvalue weighted by Gasteiger charge is -2.17. The molecule has 1 saturated heterocycles. The molecule has 0 radical (unpaired) electrons. The van der Waals surface area contributed by atoms with Crippen LogP contribution < -0.4 is 5.69 Å². The molecule has 160 valence electrons. The topological polar surface area (TPSA) is 75.9 Å². The number of hydrogen-bond acceptors (Lipinski definition) is 3. The molecule has 1 aliphatic rings. The molecule has 7 nitrogen and oxygen atoms in total. The summed E-state index contributed by atoms with van der Waals surface area (Å²) in [7, 11) is 0. The number of H-pyrrole nitrogens is 1. The van der Waals surface area contributed by atoms with Crippen molar-refractivity contribution in [2.75, 3.05) is 13.1 Å². The standard InChI is InChI=1S/C24H27N5O2/c1-2-28-21-10-6-13-25-23(21)29(24(28)31)18-12-14-27(16-18)22(30)11-5-7-17-15-26-20-9-4-3-8-19(17)20/h3-4,6,8-10,13,15,18,26H,2,5,7,11-12,14,16H2,1H3/t18-/m1/s1. The molecule has 0 aliphatic carbocycles. The molecule has 7 heteroatoms. The molecule has 0 unspecified atom stereocenters. The van der Waals surface area contributed by atoms with E-state index in [1.54, 1.807) is 15.3 Å². The predicted octanol–water partition coefficient (Wildman–Crippen LogP) is 3.50. The number of imidazole rings is 1. The second kappa shape index (κ2) is 8.06. The van der Waals surface area contributed by atoms with E-state index in [4.69, 9.17) is 0 Å². The van der Waals surface area contributed by atoms with Gasteiger partial charge in [0.15, 0.2) is 5.65 Å². The highest BCUT2D eigenvalue weighted by atomic mass is 16.2. The number of carbonyl (C=O) groups excluding carboxylic acids is 1. The number of aromatic nitrogens is 4. The van der Waals surface area contributed by atoms with Crippen molar-refractivity contribution in [3.05, 3.63) is 64.8 Å². The number of aryl methyl sites for hydroxylation is 2. The van der Waals surface area contributed by atoms with Crippen molar-refractivity contribution < 1.29 is 4.79 Å². The van der Waals surface area contributed by atoms with Crippen molar-refractivity contribution in [1.82, 2.24) is 24.0 Å². The summed E-state index contributed by atoms with van der Waals surface area (Å²) >= 11 is 0. The largest absolute Gasteiger partial charge is 0.361 e. The fraction of sp³-hybridized carbons (Fsp3) is 0.375. The van der Waals surface area contributed by atoms with Gasteiger partial charge in [-0.1, -0.05) is 18.2 Å². The summed E-state index contributed by atoms with van der Waals surface area (Å²) in [5.41, 5.74) is 3.94. The van der Waals surface area contributed by atoms with Gasteiger partial charge in [-0.3, -0.25) is 13.9 Å². The van der Waals surface area contributed by atoms with Crippen LogP contribution in [0.3, 0.4) is 0 Å². The fourth-order valence-corrected chi connectivity index (χ4v) is 4.85. The zero-order valence-corrected chi connectivity index (χ0v) is 17.8. The zero-order valence-electron chi connectivity index (χ0n) is 17.8. The fourth-order valence-electron chi connectivity index (χ4n) is 4.85. The van der Waals surface area contributed by atoms with Gasteiger partial charge in [0.05, 0.1) is 11.6 Å². The molecule has 1 N–H and O–H groups in total. The normalized spacial score (nSPS) is 16.5. The van der Waals surface area contributed by atoms with Gasteiger partial charge in [0.25, 0.3) is 0 Å². The number of nitrogens with one attached hydrogen (secondary N) is 1. The molecule has 4 aromatic rings. The average molecular weight is 418 g/mol. The first-order valence-electron chi connectivity index (χ1n) is 11.1. The van der Waals surface area contributed by atoms with Crippen LogP contribution in [0.4, 0.5) is 0 Å². The number of rotatable bonds is 6. The average Bonchev–Trinajstić information content (AvgIpc) is 3.49. The summed E-state index contributed by atoms with van der Waals surface area (Å²) < 4.78 is 3.55. The first kappa shape index (κ1) is 19.6. The number of fused-ring (bicyclic) bond motifs is 2. The van der Waals surface area contributed by atoms with Crippen LogP contribution in [0.2, 0.25) is 0 Å². The van der Waals surface area contributed by atoms with Gasteiger partial charge in [0, 0.05) is 49.4 Å². The van der Waals surface area contributed by atoms with E-state index < -0.39 is 0 Å². The first-order valence-corrected chi connectivity index (χ1v) is 11.1. The Morgan fingerprint density at radius 3 is 2.97 bits per heavy atom. The minimum atomic E-state index is -0.0326. The molecule has 1 atom stereocenters. The Morgan fingerprint density at radius 1 is 1.23 bits per heavy atom. The molecule has 4 heterocycles. The lowest BCUT2D eigenvalue weighted by Crippen LogP contribution is -2.32. The minimum absolute atomic E-state index is 0.0183. The number of amides is 1. The minimum Gasteiger partial charge on any atom is -0.361 e. The van der Waals surface area contributed by atoms with E-state index in [1.165, 1.54) is 10.9 Å². The van der Waals surface area contributed by atoms with E-state index in [2.05, 4.69) is 22.1 Å². The van der Waals surface area contributed by atoms with Crippen LogP contribution in [-0.2, 0) is 17.8 Å². The van der Waals surface area contributed by atoms with Gasteiger partial charge < -0.3 is 9.88 Å². The number of carbonyl (C=O) groups is 1. The van der Waals surface area contributed by atoms with Crippen LogP contribution in [0.5, 0.6) is 0 Å². The third-order valence-electron chi connectivity index (χ3n) is 6.43. The molecular weight excluding hydrogens is 390 g/mol. The molecule has 0 saturated carbocycles. The van der Waals surface area contributed by atoms with Crippen molar-refractivity contribution in [2.45, 2.75) is 45.2 Å². The number of likely N-dealkylation sites (tertiary alicyclic amines) is 1. The number of hydrogen-bond donors (Lipinski definition) is 1. The number of para-hydroxylation sites is 1. The SMILES string of the molecule is CCn1c(=O)n([C@@H]2CCN(C(=O)CCCc3c[nH]c4ccccc34)C2)c2ncccc21. The Balaban J connectivity index is 1.25. The van der Waals surface area contributed by atoms with Gasteiger partial charge in [-0.15, -0.1) is 0 Å². The molecule has 5 rings (SSSR count). The van der Waals surface area contributed by atoms with E-state index in [0.717, 1.165) is 30.3 Å². The second-order valence-corrected chi connectivity index (χ2v) is 8.24. The third kappa shape index (κ3) is 3.44. The maximum atomic E-state index is 13.0. The van der Waals surface area contributed by atoms with Gasteiger partial charge >= 0.3 is 5.69 Å². The molecule has 1 aromatic carbocycles. The summed E-state index contributed by atoms with van der Waals surface area (Å²) in [6.45, 7) is 3.84. The Bertz CT molecular complexity index is 1300. The van der Waals surface area contributed by atoms with Crippen molar-refractivity contribution in [1.29, 1.82) is 0 Å². The van der Waals surface area contributed by atoms with Gasteiger partial charge in [-0.2, -0.15) is 0 Å². The maximum Gasteiger partial charge on any atom is 0.330 e. The van der Waals surface area contributed by atoms with Crippen LogP contribution in [0.1, 0.15) is 37.8 Å². The predicted molar refractivity (Wildman–Crippen MR) is 121 cm³/mol. The summed E-state index contributed by atoms with van der Waals surface area (Å²) in [6.07, 6.45) is 6.77. The molecule has 3 aromatic heterocycles. The molecule has 1 fully saturated rings. The van der Waals surface area contributed by atoms with Crippen LogP contribution in [-0.4, -0.2) is 43.0 Å². The Labute approximate surface area is 180 Å². The highest BCUT2D eigenvalue weighted by Crippen LogP contribution is 2.25. The lowest BCUT2D eigenvalue weighted by molar-refractivity contribution is -0.130. The van der Waals surface area contributed by atoms with Crippen molar-refractivity contribution >= 4 is 28.0 Å².